The molecule has 1 aliphatic heterocycles. The molecule has 0 aromatic carbocycles. The molecule has 5 unspecified atom stereocenters. The lowest BCUT2D eigenvalue weighted by molar-refractivity contribution is -0.149. The Bertz CT molecular complexity index is 148. The van der Waals surface area contributed by atoms with Crippen LogP contribution < -0.4 is 5.73 Å². The molecule has 4 nitrogen and oxygen atoms in total. The van der Waals surface area contributed by atoms with Crippen molar-refractivity contribution in [1.82, 2.24) is 0 Å². The number of aliphatic hydroxyl groups is 2. The highest BCUT2D eigenvalue weighted by atomic mass is 16.5. The van der Waals surface area contributed by atoms with Crippen LogP contribution in [0.3, 0.4) is 0 Å². The van der Waals surface area contributed by atoms with Gasteiger partial charge in [-0.3, -0.25) is 0 Å². The summed E-state index contributed by atoms with van der Waals surface area (Å²) in [5, 5.41) is 18.5. The van der Waals surface area contributed by atoms with Gasteiger partial charge in [0.2, 0.25) is 0 Å². The van der Waals surface area contributed by atoms with Gasteiger partial charge in [-0.25, -0.2) is 0 Å². The Morgan fingerprint density at radius 3 is 2.50 bits per heavy atom. The molecule has 4 N–H and O–H groups in total. The molecule has 1 heterocycles. The summed E-state index contributed by atoms with van der Waals surface area (Å²) in [6, 6.07) is -0.345. The van der Waals surface area contributed by atoms with Crippen LogP contribution >= 0.6 is 0 Å². The summed E-state index contributed by atoms with van der Waals surface area (Å²) in [6.07, 6.45) is -1.05. The average Bonchev–Trinajstić information content (AvgIpc) is 2.08. The van der Waals surface area contributed by atoms with Gasteiger partial charge in [0.05, 0.1) is 31.0 Å². The Labute approximate surface area is 72.3 Å². The third-order valence-corrected chi connectivity index (χ3v) is 2.63. The maximum Gasteiger partial charge on any atom is 0.0860 e. The number of hydrogen-bond donors (Lipinski definition) is 3. The van der Waals surface area contributed by atoms with Crippen LogP contribution in [0.5, 0.6) is 0 Å². The van der Waals surface area contributed by atoms with E-state index in [0.29, 0.717) is 0 Å². The van der Waals surface area contributed by atoms with E-state index < -0.39 is 6.10 Å². The number of aliphatic hydroxyl groups excluding tert-OH is 2. The minimum absolute atomic E-state index is 0.0602. The van der Waals surface area contributed by atoms with E-state index in [4.69, 9.17) is 15.6 Å². The van der Waals surface area contributed by atoms with Crippen molar-refractivity contribution in [2.45, 2.75) is 38.2 Å². The standard InChI is InChI=1S/C8H17NO3/c1-4-6(3-10)12-5(2)7(9)8(4)11/h4-8,10-11H,3,9H2,1-2H3. The van der Waals surface area contributed by atoms with Crippen LogP contribution in [0.25, 0.3) is 0 Å². The first-order chi connectivity index (χ1) is 5.57. The minimum atomic E-state index is -0.578. The van der Waals surface area contributed by atoms with Gasteiger partial charge in [0.15, 0.2) is 0 Å². The summed E-state index contributed by atoms with van der Waals surface area (Å²) in [7, 11) is 0. The van der Waals surface area contributed by atoms with Crippen LogP contribution in [-0.4, -0.2) is 41.2 Å². The summed E-state index contributed by atoms with van der Waals surface area (Å²) < 4.78 is 5.40. The fourth-order valence-electron chi connectivity index (χ4n) is 1.55. The summed E-state index contributed by atoms with van der Waals surface area (Å²) >= 11 is 0. The third kappa shape index (κ3) is 1.61. The molecule has 1 fully saturated rings. The van der Waals surface area contributed by atoms with Gasteiger partial charge in [0.25, 0.3) is 0 Å². The van der Waals surface area contributed by atoms with E-state index in [1.165, 1.54) is 0 Å². The predicted molar refractivity (Wildman–Crippen MR) is 44.6 cm³/mol. The van der Waals surface area contributed by atoms with Crippen LogP contribution in [0.2, 0.25) is 0 Å². The fourth-order valence-corrected chi connectivity index (χ4v) is 1.55. The van der Waals surface area contributed by atoms with Gasteiger partial charge < -0.3 is 20.7 Å². The highest BCUT2D eigenvalue weighted by Crippen LogP contribution is 2.23. The Balaban J connectivity index is 2.63. The lowest BCUT2D eigenvalue weighted by atomic mass is 9.88. The summed E-state index contributed by atoms with van der Waals surface area (Å²) in [5.41, 5.74) is 5.67. The van der Waals surface area contributed by atoms with Gasteiger partial charge in [-0.15, -0.1) is 0 Å². The molecule has 72 valence electrons. The van der Waals surface area contributed by atoms with E-state index >= 15 is 0 Å². The molecule has 5 atom stereocenters. The summed E-state index contributed by atoms with van der Waals surface area (Å²) in [5.74, 6) is -0.0961. The molecule has 0 aliphatic carbocycles. The SMILES string of the molecule is CC1OC(CO)C(C)C(O)C1N. The zero-order valence-electron chi connectivity index (χ0n) is 7.47. The van der Waals surface area contributed by atoms with E-state index in [2.05, 4.69) is 0 Å². The van der Waals surface area contributed by atoms with Crippen molar-refractivity contribution < 1.29 is 14.9 Å². The number of rotatable bonds is 1. The van der Waals surface area contributed by atoms with Crippen LogP contribution in [0.1, 0.15) is 13.8 Å². The molecule has 1 saturated heterocycles. The predicted octanol–water partition coefficient (Wildman–Crippen LogP) is -0.910. The van der Waals surface area contributed by atoms with Crippen molar-refractivity contribution >= 4 is 0 Å². The number of nitrogens with two attached hydrogens (primary N) is 1. The van der Waals surface area contributed by atoms with Gasteiger partial charge in [0.1, 0.15) is 0 Å². The van der Waals surface area contributed by atoms with Crippen LogP contribution in [0.15, 0.2) is 0 Å². The third-order valence-electron chi connectivity index (χ3n) is 2.63. The van der Waals surface area contributed by atoms with E-state index in [1.54, 1.807) is 0 Å². The van der Waals surface area contributed by atoms with Crippen molar-refractivity contribution in [3.8, 4) is 0 Å². The average molecular weight is 175 g/mol. The second-order valence-corrected chi connectivity index (χ2v) is 3.49. The van der Waals surface area contributed by atoms with Gasteiger partial charge in [-0.1, -0.05) is 6.92 Å². The Morgan fingerprint density at radius 1 is 1.42 bits per heavy atom. The van der Waals surface area contributed by atoms with Crippen LogP contribution in [0, 0.1) is 5.92 Å². The molecule has 0 aromatic rings. The number of ether oxygens (including phenoxy) is 1. The molecule has 12 heavy (non-hydrogen) atoms. The molecule has 0 saturated carbocycles. The Morgan fingerprint density at radius 2 is 2.00 bits per heavy atom. The highest BCUT2D eigenvalue weighted by Gasteiger charge is 2.38. The second-order valence-electron chi connectivity index (χ2n) is 3.49. The zero-order valence-corrected chi connectivity index (χ0v) is 7.47. The summed E-state index contributed by atoms with van der Waals surface area (Å²) in [4.78, 5) is 0. The van der Waals surface area contributed by atoms with Gasteiger partial charge in [0, 0.05) is 5.92 Å². The monoisotopic (exact) mass is 175 g/mol. The van der Waals surface area contributed by atoms with Crippen molar-refractivity contribution in [2.24, 2.45) is 11.7 Å². The first-order valence-corrected chi connectivity index (χ1v) is 4.28. The molecule has 0 bridgehead atoms. The molecule has 0 amide bonds. The van der Waals surface area contributed by atoms with E-state index in [-0.39, 0.29) is 30.8 Å². The first-order valence-electron chi connectivity index (χ1n) is 4.28. The number of hydrogen-bond acceptors (Lipinski definition) is 4. The quantitative estimate of drug-likeness (QED) is 0.482. The maximum absolute atomic E-state index is 9.60. The molecule has 0 spiro atoms. The largest absolute Gasteiger partial charge is 0.394 e. The van der Waals surface area contributed by atoms with E-state index in [1.807, 2.05) is 13.8 Å². The van der Waals surface area contributed by atoms with Gasteiger partial charge in [-0.05, 0) is 6.92 Å². The van der Waals surface area contributed by atoms with Crippen LogP contribution in [0.4, 0.5) is 0 Å². The lowest BCUT2D eigenvalue weighted by Gasteiger charge is -2.40. The molecule has 1 aliphatic rings. The van der Waals surface area contributed by atoms with Crippen LogP contribution in [-0.2, 0) is 4.74 Å². The molecular formula is C8H17NO3. The minimum Gasteiger partial charge on any atom is -0.394 e. The Kier molecular flexibility index (Phi) is 3.06. The van der Waals surface area contributed by atoms with E-state index in [9.17, 15) is 5.11 Å². The zero-order chi connectivity index (χ0) is 9.30. The molecular weight excluding hydrogens is 158 g/mol. The second kappa shape index (κ2) is 3.70. The topological polar surface area (TPSA) is 75.7 Å². The first kappa shape index (κ1) is 9.92. The molecule has 1 rings (SSSR count). The van der Waals surface area contributed by atoms with Crippen molar-refractivity contribution in [2.75, 3.05) is 6.61 Å². The van der Waals surface area contributed by atoms with Crippen molar-refractivity contribution in [3.63, 3.8) is 0 Å². The van der Waals surface area contributed by atoms with E-state index in [0.717, 1.165) is 0 Å². The highest BCUT2D eigenvalue weighted by molar-refractivity contribution is 4.90. The fraction of sp³-hybridized carbons (Fsp3) is 1.00. The van der Waals surface area contributed by atoms with Gasteiger partial charge >= 0.3 is 0 Å². The lowest BCUT2D eigenvalue weighted by Crippen LogP contribution is -2.57. The maximum atomic E-state index is 9.60. The summed E-state index contributed by atoms with van der Waals surface area (Å²) in [6.45, 7) is 3.58. The smallest absolute Gasteiger partial charge is 0.0860 e. The molecule has 0 radical (unpaired) electrons. The molecule has 4 heteroatoms. The van der Waals surface area contributed by atoms with Gasteiger partial charge in [-0.2, -0.15) is 0 Å². The normalized spacial score (nSPS) is 49.2. The molecule has 0 aromatic heterocycles. The van der Waals surface area contributed by atoms with Crippen molar-refractivity contribution in [3.05, 3.63) is 0 Å². The Hall–Kier alpha value is -0.160. The van der Waals surface area contributed by atoms with Crippen molar-refractivity contribution in [1.29, 1.82) is 0 Å².